The van der Waals surface area contributed by atoms with Gasteiger partial charge in [-0.15, -0.1) is 0 Å². The van der Waals surface area contributed by atoms with Crippen LogP contribution < -0.4 is 0 Å². The number of rotatable bonds is 4. The summed E-state index contributed by atoms with van der Waals surface area (Å²) in [5.41, 5.74) is 8.63. The molecule has 0 amide bonds. The molecule has 0 saturated carbocycles. The molecule has 0 fully saturated rings. The van der Waals surface area contributed by atoms with Crippen molar-refractivity contribution in [3.8, 4) is 0 Å². The number of hydrogen-bond acceptors (Lipinski definition) is 1. The highest BCUT2D eigenvalue weighted by atomic mass is 15.0. The molecule has 27 heavy (non-hydrogen) atoms. The maximum Gasteiger partial charge on any atom is 0.0873 e. The van der Waals surface area contributed by atoms with Crippen LogP contribution in [0, 0.1) is 20.8 Å². The molecule has 0 saturated heterocycles. The van der Waals surface area contributed by atoms with Crippen molar-refractivity contribution in [1.29, 1.82) is 0 Å². The van der Waals surface area contributed by atoms with Crippen molar-refractivity contribution in [3.05, 3.63) is 101 Å². The summed E-state index contributed by atoms with van der Waals surface area (Å²) in [7, 11) is 0. The van der Waals surface area contributed by atoms with E-state index in [-0.39, 0.29) is 0 Å². The van der Waals surface area contributed by atoms with E-state index in [1.165, 1.54) is 38.9 Å². The van der Waals surface area contributed by atoms with E-state index in [0.717, 1.165) is 12.2 Å². The molecule has 4 aromatic rings. The van der Waals surface area contributed by atoms with Gasteiger partial charge in [0.05, 0.1) is 11.2 Å². The molecule has 2 aromatic heterocycles. The van der Waals surface area contributed by atoms with Gasteiger partial charge in [0, 0.05) is 23.8 Å². The summed E-state index contributed by atoms with van der Waals surface area (Å²) in [4.78, 5) is 4.69. The first kappa shape index (κ1) is 17.3. The fourth-order valence-electron chi connectivity index (χ4n) is 3.56. The number of aromatic nitrogens is 2. The summed E-state index contributed by atoms with van der Waals surface area (Å²) >= 11 is 0. The first-order chi connectivity index (χ1) is 13.1. The summed E-state index contributed by atoms with van der Waals surface area (Å²) in [6, 6.07) is 21.3. The number of benzene rings is 2. The molecule has 134 valence electrons. The summed E-state index contributed by atoms with van der Waals surface area (Å²) in [6.45, 7) is 7.39. The van der Waals surface area contributed by atoms with Crippen LogP contribution >= 0.6 is 0 Å². The lowest BCUT2D eigenvalue weighted by atomic mass is 10.1. The zero-order chi connectivity index (χ0) is 18.8. The highest BCUT2D eigenvalue weighted by molar-refractivity contribution is 5.92. The summed E-state index contributed by atoms with van der Waals surface area (Å²) in [5, 5.41) is 1.28. The van der Waals surface area contributed by atoms with Crippen LogP contribution in [0.15, 0.2) is 66.9 Å². The SMILES string of the molecule is Cc1ccc(Cn2c(C)c(C)c3ccnc(C=Cc4ccccc4)c32)cc1. The third kappa shape index (κ3) is 3.43. The standard InChI is InChI=1S/C25H24N2/c1-18-9-11-22(12-10-18)17-27-20(3)19(2)23-15-16-26-24(25(23)27)14-13-21-7-5-4-6-8-21/h4-16H,17H2,1-3H3. The van der Waals surface area contributed by atoms with Crippen molar-refractivity contribution >= 4 is 23.1 Å². The maximum atomic E-state index is 4.69. The molecule has 0 bridgehead atoms. The van der Waals surface area contributed by atoms with Gasteiger partial charge in [-0.2, -0.15) is 0 Å². The molecule has 2 heterocycles. The summed E-state index contributed by atoms with van der Waals surface area (Å²) in [5.74, 6) is 0. The van der Waals surface area contributed by atoms with Crippen LogP contribution in [0.4, 0.5) is 0 Å². The van der Waals surface area contributed by atoms with E-state index in [0.29, 0.717) is 0 Å². The smallest absolute Gasteiger partial charge is 0.0873 e. The maximum absolute atomic E-state index is 4.69. The van der Waals surface area contributed by atoms with E-state index < -0.39 is 0 Å². The zero-order valence-corrected chi connectivity index (χ0v) is 16.1. The van der Waals surface area contributed by atoms with Crippen LogP contribution in [0.3, 0.4) is 0 Å². The molecule has 2 aromatic carbocycles. The molecular formula is C25H24N2. The summed E-state index contributed by atoms with van der Waals surface area (Å²) < 4.78 is 2.40. The summed E-state index contributed by atoms with van der Waals surface area (Å²) in [6.07, 6.45) is 6.17. The molecule has 0 spiro atoms. The van der Waals surface area contributed by atoms with Gasteiger partial charge in [0.1, 0.15) is 0 Å². The Kier molecular flexibility index (Phi) is 4.64. The molecule has 4 rings (SSSR count). The van der Waals surface area contributed by atoms with Gasteiger partial charge in [-0.25, -0.2) is 0 Å². The zero-order valence-electron chi connectivity index (χ0n) is 16.1. The Hall–Kier alpha value is -3.13. The van der Waals surface area contributed by atoms with Gasteiger partial charge < -0.3 is 4.57 Å². The first-order valence-electron chi connectivity index (χ1n) is 9.36. The number of fused-ring (bicyclic) bond motifs is 1. The van der Waals surface area contributed by atoms with Gasteiger partial charge >= 0.3 is 0 Å². The Balaban J connectivity index is 1.82. The van der Waals surface area contributed by atoms with Gasteiger partial charge in [0.2, 0.25) is 0 Å². The Morgan fingerprint density at radius 3 is 2.33 bits per heavy atom. The molecule has 0 aliphatic rings. The van der Waals surface area contributed by atoms with Crippen molar-refractivity contribution in [1.82, 2.24) is 9.55 Å². The number of pyridine rings is 1. The molecule has 0 aliphatic carbocycles. The third-order valence-corrected chi connectivity index (χ3v) is 5.27. The lowest BCUT2D eigenvalue weighted by Gasteiger charge is -2.10. The Morgan fingerprint density at radius 2 is 1.59 bits per heavy atom. The van der Waals surface area contributed by atoms with Gasteiger partial charge in [-0.1, -0.05) is 66.2 Å². The van der Waals surface area contributed by atoms with E-state index >= 15 is 0 Å². The molecule has 0 unspecified atom stereocenters. The largest absolute Gasteiger partial charge is 0.338 e. The van der Waals surface area contributed by atoms with Gasteiger partial charge in [-0.05, 0) is 49.6 Å². The minimum atomic E-state index is 0.855. The van der Waals surface area contributed by atoms with Crippen LogP contribution in [0.5, 0.6) is 0 Å². The van der Waals surface area contributed by atoms with E-state index in [1.54, 1.807) is 0 Å². The van der Waals surface area contributed by atoms with Crippen molar-refractivity contribution in [2.75, 3.05) is 0 Å². The van der Waals surface area contributed by atoms with E-state index in [9.17, 15) is 0 Å². The van der Waals surface area contributed by atoms with Crippen LogP contribution in [0.25, 0.3) is 23.1 Å². The second-order valence-corrected chi connectivity index (χ2v) is 7.12. The van der Waals surface area contributed by atoms with Crippen LogP contribution in [0.2, 0.25) is 0 Å². The Labute approximate surface area is 160 Å². The topological polar surface area (TPSA) is 17.8 Å². The highest BCUT2D eigenvalue weighted by Crippen LogP contribution is 2.29. The molecule has 0 atom stereocenters. The van der Waals surface area contributed by atoms with Crippen molar-refractivity contribution in [3.63, 3.8) is 0 Å². The molecule has 0 radical (unpaired) electrons. The third-order valence-electron chi connectivity index (χ3n) is 5.27. The predicted molar refractivity (Wildman–Crippen MR) is 115 cm³/mol. The van der Waals surface area contributed by atoms with E-state index in [2.05, 4.69) is 97.1 Å². The quantitative estimate of drug-likeness (QED) is 0.429. The number of hydrogen-bond donors (Lipinski definition) is 0. The normalized spacial score (nSPS) is 11.5. The average Bonchev–Trinajstić information content (AvgIpc) is 2.94. The molecule has 2 heteroatoms. The van der Waals surface area contributed by atoms with E-state index in [4.69, 9.17) is 0 Å². The van der Waals surface area contributed by atoms with Crippen LogP contribution in [0.1, 0.15) is 33.6 Å². The van der Waals surface area contributed by atoms with Gasteiger partial charge in [-0.3, -0.25) is 4.98 Å². The highest BCUT2D eigenvalue weighted by Gasteiger charge is 2.14. The number of nitrogens with zero attached hydrogens (tertiary/aromatic N) is 2. The second-order valence-electron chi connectivity index (χ2n) is 7.12. The molecule has 0 aliphatic heterocycles. The fraction of sp³-hybridized carbons (Fsp3) is 0.160. The first-order valence-corrected chi connectivity index (χ1v) is 9.36. The van der Waals surface area contributed by atoms with Crippen molar-refractivity contribution in [2.24, 2.45) is 0 Å². The fourth-order valence-corrected chi connectivity index (χ4v) is 3.56. The van der Waals surface area contributed by atoms with Crippen LogP contribution in [-0.2, 0) is 6.54 Å². The van der Waals surface area contributed by atoms with Crippen molar-refractivity contribution < 1.29 is 0 Å². The monoisotopic (exact) mass is 352 g/mol. The lowest BCUT2D eigenvalue weighted by Crippen LogP contribution is -2.03. The van der Waals surface area contributed by atoms with Crippen molar-refractivity contribution in [2.45, 2.75) is 27.3 Å². The minimum Gasteiger partial charge on any atom is -0.338 e. The molecular weight excluding hydrogens is 328 g/mol. The van der Waals surface area contributed by atoms with E-state index in [1.807, 2.05) is 12.3 Å². The second kappa shape index (κ2) is 7.24. The molecule has 2 nitrogen and oxygen atoms in total. The Bertz CT molecular complexity index is 1100. The van der Waals surface area contributed by atoms with Gasteiger partial charge in [0.15, 0.2) is 0 Å². The van der Waals surface area contributed by atoms with Crippen LogP contribution in [-0.4, -0.2) is 9.55 Å². The lowest BCUT2D eigenvalue weighted by molar-refractivity contribution is 0.798. The molecule has 0 N–H and O–H groups in total. The predicted octanol–water partition coefficient (Wildman–Crippen LogP) is 6.18. The average molecular weight is 352 g/mol. The Morgan fingerprint density at radius 1 is 0.852 bits per heavy atom. The number of aryl methyl sites for hydroxylation is 2. The van der Waals surface area contributed by atoms with Gasteiger partial charge in [0.25, 0.3) is 0 Å². The minimum absolute atomic E-state index is 0.855.